The van der Waals surface area contributed by atoms with Crippen molar-refractivity contribution >= 4 is 35.1 Å². The molecule has 0 bridgehead atoms. The summed E-state index contributed by atoms with van der Waals surface area (Å²) < 4.78 is 20.3. The molecule has 0 saturated carbocycles. The van der Waals surface area contributed by atoms with E-state index in [0.717, 1.165) is 42.2 Å². The number of aromatic nitrogens is 2. The van der Waals surface area contributed by atoms with E-state index in [2.05, 4.69) is 5.10 Å². The molecule has 1 aromatic carbocycles. The minimum atomic E-state index is -0.462. The van der Waals surface area contributed by atoms with E-state index in [0.29, 0.717) is 5.02 Å². The van der Waals surface area contributed by atoms with Crippen LogP contribution in [-0.2, 0) is 14.0 Å². The number of ether oxygens (including phenoxy) is 1. The molecule has 2 saturated heterocycles. The average molecular weight is 363 g/mol. The summed E-state index contributed by atoms with van der Waals surface area (Å²) in [6.45, 7) is 8.97. The minimum Gasteiger partial charge on any atom is -0.399 e. The first-order chi connectivity index (χ1) is 11.8. The molecule has 0 N–H and O–H groups in total. The van der Waals surface area contributed by atoms with Crippen molar-refractivity contribution in [2.24, 2.45) is 0 Å². The molecule has 2 aliphatic rings. The Kier molecular flexibility index (Phi) is 4.15. The van der Waals surface area contributed by atoms with Gasteiger partial charge in [-0.1, -0.05) is 11.6 Å². The highest BCUT2D eigenvalue weighted by Crippen LogP contribution is 2.37. The van der Waals surface area contributed by atoms with E-state index < -0.39 is 18.3 Å². The molecular weight excluding hydrogens is 338 g/mol. The smallest absolute Gasteiger partial charge is 0.399 e. The molecule has 7 heteroatoms. The van der Waals surface area contributed by atoms with Gasteiger partial charge in [-0.25, -0.2) is 4.68 Å². The fourth-order valence-corrected chi connectivity index (χ4v) is 3.67. The second-order valence-electron chi connectivity index (χ2n) is 7.93. The SMILES string of the molecule is CC1(C)OB(c2cc(Cl)cc3c2cnn3C2CCCCO2)OC1(C)C. The normalized spacial score (nSPS) is 25.6. The van der Waals surface area contributed by atoms with Crippen LogP contribution in [0.25, 0.3) is 10.9 Å². The maximum Gasteiger partial charge on any atom is 0.495 e. The van der Waals surface area contributed by atoms with Crippen LogP contribution in [0, 0.1) is 0 Å². The Hall–Kier alpha value is -1.08. The van der Waals surface area contributed by atoms with Crippen LogP contribution in [0.1, 0.15) is 53.2 Å². The lowest BCUT2D eigenvalue weighted by Gasteiger charge is -2.32. The van der Waals surface area contributed by atoms with E-state index in [9.17, 15) is 0 Å². The predicted octanol–water partition coefficient (Wildman–Crippen LogP) is 3.69. The number of halogens is 1. The van der Waals surface area contributed by atoms with Gasteiger partial charge < -0.3 is 14.0 Å². The van der Waals surface area contributed by atoms with Crippen LogP contribution in [0.4, 0.5) is 0 Å². The summed E-state index contributed by atoms with van der Waals surface area (Å²) >= 11 is 6.42. The van der Waals surface area contributed by atoms with Crippen molar-refractivity contribution in [2.45, 2.75) is 64.4 Å². The molecule has 1 aromatic heterocycles. The van der Waals surface area contributed by atoms with E-state index in [1.54, 1.807) is 0 Å². The van der Waals surface area contributed by atoms with Crippen molar-refractivity contribution in [3.05, 3.63) is 23.4 Å². The Morgan fingerprint density at radius 1 is 1.16 bits per heavy atom. The maximum atomic E-state index is 6.42. The lowest BCUT2D eigenvalue weighted by molar-refractivity contribution is -0.0366. The minimum absolute atomic E-state index is 0.0316. The summed E-state index contributed by atoms with van der Waals surface area (Å²) in [5.74, 6) is 0. The Labute approximate surface area is 153 Å². The second kappa shape index (κ2) is 5.98. The van der Waals surface area contributed by atoms with E-state index in [-0.39, 0.29) is 6.23 Å². The Bertz CT molecular complexity index is 783. The highest BCUT2D eigenvalue weighted by molar-refractivity contribution is 6.65. The van der Waals surface area contributed by atoms with Crippen LogP contribution in [-0.4, -0.2) is 34.7 Å². The summed E-state index contributed by atoms with van der Waals surface area (Å²) in [6, 6.07) is 3.86. The topological polar surface area (TPSA) is 45.5 Å². The van der Waals surface area contributed by atoms with Crippen molar-refractivity contribution in [1.82, 2.24) is 9.78 Å². The van der Waals surface area contributed by atoms with Crippen molar-refractivity contribution in [3.63, 3.8) is 0 Å². The number of hydrogen-bond donors (Lipinski definition) is 0. The summed E-state index contributed by atoms with van der Waals surface area (Å²) in [6.07, 6.45) is 5.06. The number of hydrogen-bond acceptors (Lipinski definition) is 4. The molecule has 2 aromatic rings. The van der Waals surface area contributed by atoms with Gasteiger partial charge in [0.2, 0.25) is 0 Å². The zero-order chi connectivity index (χ0) is 17.8. The summed E-state index contributed by atoms with van der Waals surface area (Å²) in [5.41, 5.74) is 1.09. The van der Waals surface area contributed by atoms with Gasteiger partial charge in [0.1, 0.15) is 0 Å². The molecule has 0 amide bonds. The standard InChI is InChI=1S/C18H24BClN2O3/c1-17(2)18(3,4)25-19(24-17)14-9-12(20)10-15-13(14)11-21-22(15)16-7-5-6-8-23-16/h9-11,16H,5-8H2,1-4H3. The van der Waals surface area contributed by atoms with Crippen molar-refractivity contribution < 1.29 is 14.0 Å². The van der Waals surface area contributed by atoms with Crippen LogP contribution in [0.5, 0.6) is 0 Å². The Morgan fingerprint density at radius 3 is 2.52 bits per heavy atom. The lowest BCUT2D eigenvalue weighted by atomic mass is 9.77. The molecule has 0 aliphatic carbocycles. The van der Waals surface area contributed by atoms with Gasteiger partial charge in [-0.3, -0.25) is 0 Å². The second-order valence-corrected chi connectivity index (χ2v) is 8.36. The lowest BCUT2D eigenvalue weighted by Crippen LogP contribution is -2.41. The molecule has 5 nitrogen and oxygen atoms in total. The number of benzene rings is 1. The van der Waals surface area contributed by atoms with Crippen molar-refractivity contribution in [1.29, 1.82) is 0 Å². The molecule has 4 rings (SSSR count). The van der Waals surface area contributed by atoms with Gasteiger partial charge in [-0.05, 0) is 64.6 Å². The fraction of sp³-hybridized carbons (Fsp3) is 0.611. The Morgan fingerprint density at radius 2 is 1.88 bits per heavy atom. The van der Waals surface area contributed by atoms with E-state index >= 15 is 0 Å². The van der Waals surface area contributed by atoms with Gasteiger partial charge in [-0.2, -0.15) is 5.10 Å². The molecule has 134 valence electrons. The van der Waals surface area contributed by atoms with E-state index in [1.807, 2.05) is 50.7 Å². The van der Waals surface area contributed by atoms with Gasteiger partial charge >= 0.3 is 7.12 Å². The first-order valence-electron chi connectivity index (χ1n) is 8.92. The van der Waals surface area contributed by atoms with Gasteiger partial charge in [0.05, 0.1) is 22.9 Å². The number of fused-ring (bicyclic) bond motifs is 1. The molecule has 1 atom stereocenters. The average Bonchev–Trinajstić information content (AvgIpc) is 3.06. The molecule has 0 radical (unpaired) electrons. The van der Waals surface area contributed by atoms with Gasteiger partial charge in [0.25, 0.3) is 0 Å². The summed E-state index contributed by atoms with van der Waals surface area (Å²) in [5, 5.41) is 6.23. The third-order valence-corrected chi connectivity index (χ3v) is 5.87. The largest absolute Gasteiger partial charge is 0.495 e. The van der Waals surface area contributed by atoms with Crippen molar-refractivity contribution in [2.75, 3.05) is 6.61 Å². The summed E-state index contributed by atoms with van der Waals surface area (Å²) in [7, 11) is -0.462. The Balaban J connectivity index is 1.77. The molecular formula is C18H24BClN2O3. The molecule has 2 fully saturated rings. The monoisotopic (exact) mass is 362 g/mol. The van der Waals surface area contributed by atoms with Crippen LogP contribution in [0.3, 0.4) is 0 Å². The quantitative estimate of drug-likeness (QED) is 0.764. The van der Waals surface area contributed by atoms with Crippen LogP contribution in [0.15, 0.2) is 18.3 Å². The summed E-state index contributed by atoms with van der Waals surface area (Å²) in [4.78, 5) is 0. The van der Waals surface area contributed by atoms with Gasteiger partial charge in [0.15, 0.2) is 6.23 Å². The third kappa shape index (κ3) is 2.89. The highest BCUT2D eigenvalue weighted by atomic mass is 35.5. The first-order valence-corrected chi connectivity index (χ1v) is 9.30. The zero-order valence-corrected chi connectivity index (χ0v) is 16.0. The molecule has 0 spiro atoms. The molecule has 25 heavy (non-hydrogen) atoms. The molecule has 2 aliphatic heterocycles. The fourth-order valence-electron chi connectivity index (χ4n) is 3.45. The highest BCUT2D eigenvalue weighted by Gasteiger charge is 2.52. The first kappa shape index (κ1) is 17.3. The van der Waals surface area contributed by atoms with Crippen molar-refractivity contribution in [3.8, 4) is 0 Å². The third-order valence-electron chi connectivity index (χ3n) is 5.65. The van der Waals surface area contributed by atoms with Crippen LogP contribution in [0.2, 0.25) is 5.02 Å². The predicted molar refractivity (Wildman–Crippen MR) is 99.3 cm³/mol. The number of nitrogens with zero attached hydrogens (tertiary/aromatic N) is 2. The van der Waals surface area contributed by atoms with E-state index in [4.69, 9.17) is 25.6 Å². The molecule has 1 unspecified atom stereocenters. The van der Waals surface area contributed by atoms with E-state index in [1.165, 1.54) is 0 Å². The molecule has 3 heterocycles. The number of rotatable bonds is 2. The van der Waals surface area contributed by atoms with Gasteiger partial charge in [-0.15, -0.1) is 0 Å². The zero-order valence-electron chi connectivity index (χ0n) is 15.2. The van der Waals surface area contributed by atoms with Crippen LogP contribution >= 0.6 is 11.6 Å². The van der Waals surface area contributed by atoms with Crippen LogP contribution < -0.4 is 5.46 Å². The van der Waals surface area contributed by atoms with Gasteiger partial charge in [0, 0.05) is 17.0 Å². The maximum absolute atomic E-state index is 6.42.